The first-order valence-corrected chi connectivity index (χ1v) is 6.98. The van der Waals surface area contributed by atoms with E-state index in [0.29, 0.717) is 19.5 Å². The number of urea groups is 1. The number of likely N-dealkylation sites (N-methyl/N-ethyl adjacent to an activating group) is 1. The Kier molecular flexibility index (Phi) is 6.27. The Morgan fingerprint density at radius 3 is 2.60 bits per heavy atom. The summed E-state index contributed by atoms with van der Waals surface area (Å²) in [5.74, 6) is -1.18. The molecule has 7 heteroatoms. The molecule has 0 aliphatic carbocycles. The minimum Gasteiger partial charge on any atom is -0.480 e. The highest BCUT2D eigenvalue weighted by molar-refractivity contribution is 5.86. The second-order valence-electron chi connectivity index (χ2n) is 4.96. The Balaban J connectivity index is 2.59. The lowest BCUT2D eigenvalue weighted by Crippen LogP contribution is -2.51. The lowest BCUT2D eigenvalue weighted by atomic mass is 10.1. The van der Waals surface area contributed by atoms with Crippen molar-refractivity contribution in [2.24, 2.45) is 0 Å². The average Bonchev–Trinajstić information content (AvgIpc) is 2.69. The van der Waals surface area contributed by atoms with E-state index in [1.54, 1.807) is 7.05 Å². The van der Waals surface area contributed by atoms with Gasteiger partial charge in [0.05, 0.1) is 6.54 Å². The van der Waals surface area contributed by atoms with Crippen LogP contribution in [-0.4, -0.2) is 65.5 Å². The van der Waals surface area contributed by atoms with E-state index in [-0.39, 0.29) is 12.5 Å². The molecule has 0 aromatic heterocycles. The third kappa shape index (κ3) is 4.40. The molecule has 1 unspecified atom stereocenters. The molecule has 0 bridgehead atoms. The number of aliphatic carboxylic acids is 1. The summed E-state index contributed by atoms with van der Waals surface area (Å²) in [4.78, 5) is 37.7. The molecular weight excluding hydrogens is 262 g/mol. The molecule has 0 aromatic rings. The van der Waals surface area contributed by atoms with Gasteiger partial charge in [0.15, 0.2) is 0 Å². The van der Waals surface area contributed by atoms with Crippen molar-refractivity contribution >= 4 is 17.9 Å². The number of carboxylic acids is 1. The van der Waals surface area contributed by atoms with E-state index < -0.39 is 18.0 Å². The zero-order valence-corrected chi connectivity index (χ0v) is 12.1. The molecular formula is C13H23N3O4. The van der Waals surface area contributed by atoms with Gasteiger partial charge in [-0.1, -0.05) is 12.8 Å². The predicted molar refractivity (Wildman–Crippen MR) is 73.3 cm³/mol. The monoisotopic (exact) mass is 285 g/mol. The van der Waals surface area contributed by atoms with Crippen LogP contribution in [0.2, 0.25) is 0 Å². The normalized spacial score (nSPS) is 19.1. The van der Waals surface area contributed by atoms with Gasteiger partial charge in [-0.3, -0.25) is 4.79 Å². The van der Waals surface area contributed by atoms with Crippen LogP contribution < -0.4 is 5.32 Å². The highest BCUT2D eigenvalue weighted by atomic mass is 16.4. The van der Waals surface area contributed by atoms with Gasteiger partial charge in [-0.05, 0) is 19.8 Å². The van der Waals surface area contributed by atoms with Crippen molar-refractivity contribution < 1.29 is 19.5 Å². The van der Waals surface area contributed by atoms with Gasteiger partial charge in [-0.2, -0.15) is 0 Å². The molecule has 0 radical (unpaired) electrons. The van der Waals surface area contributed by atoms with Crippen LogP contribution in [0, 0.1) is 0 Å². The molecule has 1 aliphatic rings. The topological polar surface area (TPSA) is 90.0 Å². The summed E-state index contributed by atoms with van der Waals surface area (Å²) in [7, 11) is 1.65. The number of carbonyl (C=O) groups excluding carboxylic acids is 2. The Bertz CT molecular complexity index is 373. The lowest BCUT2D eigenvalue weighted by Gasteiger charge is -2.27. The molecule has 1 saturated heterocycles. The maximum atomic E-state index is 12.1. The summed E-state index contributed by atoms with van der Waals surface area (Å²) in [6, 6.07) is -1.27. The summed E-state index contributed by atoms with van der Waals surface area (Å²) in [5.41, 5.74) is 0. The number of amides is 3. The highest BCUT2D eigenvalue weighted by Crippen LogP contribution is 2.17. The van der Waals surface area contributed by atoms with Gasteiger partial charge in [0.2, 0.25) is 5.91 Å². The van der Waals surface area contributed by atoms with Crippen molar-refractivity contribution in [2.75, 3.05) is 26.7 Å². The number of nitrogens with one attached hydrogen (secondary N) is 1. The summed E-state index contributed by atoms with van der Waals surface area (Å²) in [6.45, 7) is 2.72. The molecule has 0 spiro atoms. The minimum atomic E-state index is -0.987. The van der Waals surface area contributed by atoms with Gasteiger partial charge in [0.1, 0.15) is 6.04 Å². The van der Waals surface area contributed by atoms with E-state index in [9.17, 15) is 19.5 Å². The van der Waals surface area contributed by atoms with Crippen molar-refractivity contribution in [2.45, 2.75) is 38.6 Å². The number of rotatable bonds is 4. The molecule has 1 heterocycles. The molecule has 0 saturated carbocycles. The van der Waals surface area contributed by atoms with Crippen molar-refractivity contribution in [1.29, 1.82) is 0 Å². The molecule has 114 valence electrons. The maximum absolute atomic E-state index is 12.1. The Morgan fingerprint density at radius 2 is 2.00 bits per heavy atom. The average molecular weight is 285 g/mol. The van der Waals surface area contributed by atoms with Gasteiger partial charge in [-0.15, -0.1) is 0 Å². The maximum Gasteiger partial charge on any atom is 0.326 e. The summed E-state index contributed by atoms with van der Waals surface area (Å²) >= 11 is 0. The number of hydrogen-bond donors (Lipinski definition) is 2. The third-order valence-corrected chi connectivity index (χ3v) is 3.59. The molecule has 3 amide bonds. The fraction of sp³-hybridized carbons (Fsp3) is 0.769. The van der Waals surface area contributed by atoms with Gasteiger partial charge >= 0.3 is 12.0 Å². The molecule has 7 nitrogen and oxygen atoms in total. The molecule has 20 heavy (non-hydrogen) atoms. The Morgan fingerprint density at radius 1 is 1.30 bits per heavy atom. The highest BCUT2D eigenvalue weighted by Gasteiger charge is 2.30. The largest absolute Gasteiger partial charge is 0.480 e. The van der Waals surface area contributed by atoms with Gasteiger partial charge < -0.3 is 20.2 Å². The van der Waals surface area contributed by atoms with Crippen LogP contribution in [0.1, 0.15) is 32.6 Å². The number of likely N-dealkylation sites (tertiary alicyclic amines) is 1. The predicted octanol–water partition coefficient (Wildman–Crippen LogP) is 0.504. The van der Waals surface area contributed by atoms with Gasteiger partial charge in [-0.25, -0.2) is 9.59 Å². The zero-order chi connectivity index (χ0) is 15.1. The number of carbonyl (C=O) groups is 3. The minimum absolute atomic E-state index is 0.105. The standard InChI is InChI=1S/C13H23N3O4/c1-3-15(2)11(17)9-14-13(20)16-8-6-4-5-7-10(16)12(18)19/h10H,3-9H2,1-2H3,(H,14,20)(H,18,19). The molecule has 1 aliphatic heterocycles. The van der Waals surface area contributed by atoms with Crippen LogP contribution in [-0.2, 0) is 9.59 Å². The van der Waals surface area contributed by atoms with Gasteiger partial charge in [0.25, 0.3) is 0 Å². The second kappa shape index (κ2) is 7.72. The SMILES string of the molecule is CCN(C)C(=O)CNC(=O)N1CCCCCC1C(=O)O. The van der Waals surface area contributed by atoms with Crippen LogP contribution in [0.25, 0.3) is 0 Å². The summed E-state index contributed by atoms with van der Waals surface area (Å²) in [5, 5.41) is 11.7. The van der Waals surface area contributed by atoms with Crippen molar-refractivity contribution in [3.8, 4) is 0 Å². The molecule has 0 aromatic carbocycles. The first-order chi connectivity index (χ1) is 9.47. The van der Waals surface area contributed by atoms with Gasteiger partial charge in [0, 0.05) is 20.1 Å². The molecule has 1 atom stereocenters. The van der Waals surface area contributed by atoms with Crippen LogP contribution in [0.4, 0.5) is 4.79 Å². The molecule has 2 N–H and O–H groups in total. The fourth-order valence-electron chi connectivity index (χ4n) is 2.17. The fourth-order valence-corrected chi connectivity index (χ4v) is 2.17. The van der Waals surface area contributed by atoms with E-state index in [1.165, 1.54) is 9.80 Å². The number of nitrogens with zero attached hydrogens (tertiary/aromatic N) is 2. The summed E-state index contributed by atoms with van der Waals surface area (Å²) in [6.07, 6.45) is 2.98. The van der Waals surface area contributed by atoms with Crippen LogP contribution in [0.3, 0.4) is 0 Å². The Hall–Kier alpha value is -1.79. The van der Waals surface area contributed by atoms with Crippen molar-refractivity contribution in [1.82, 2.24) is 15.1 Å². The molecule has 1 fully saturated rings. The quantitative estimate of drug-likeness (QED) is 0.787. The van der Waals surface area contributed by atoms with E-state index in [4.69, 9.17) is 0 Å². The molecule has 1 rings (SSSR count). The van der Waals surface area contributed by atoms with Crippen LogP contribution in [0.15, 0.2) is 0 Å². The number of carboxylic acid groups (broad SMARTS) is 1. The van der Waals surface area contributed by atoms with Crippen LogP contribution in [0.5, 0.6) is 0 Å². The summed E-state index contributed by atoms with van der Waals surface area (Å²) < 4.78 is 0. The van der Waals surface area contributed by atoms with E-state index in [2.05, 4.69) is 5.32 Å². The first kappa shape index (κ1) is 16.3. The zero-order valence-electron chi connectivity index (χ0n) is 12.1. The first-order valence-electron chi connectivity index (χ1n) is 6.98. The second-order valence-corrected chi connectivity index (χ2v) is 4.96. The van der Waals surface area contributed by atoms with Crippen LogP contribution >= 0.6 is 0 Å². The van der Waals surface area contributed by atoms with E-state index in [1.807, 2.05) is 6.92 Å². The van der Waals surface area contributed by atoms with Crippen molar-refractivity contribution in [3.05, 3.63) is 0 Å². The van der Waals surface area contributed by atoms with E-state index >= 15 is 0 Å². The third-order valence-electron chi connectivity index (χ3n) is 3.59. The number of hydrogen-bond acceptors (Lipinski definition) is 3. The smallest absolute Gasteiger partial charge is 0.326 e. The van der Waals surface area contributed by atoms with E-state index in [0.717, 1.165) is 19.3 Å². The lowest BCUT2D eigenvalue weighted by molar-refractivity contribution is -0.142. The van der Waals surface area contributed by atoms with Crippen molar-refractivity contribution in [3.63, 3.8) is 0 Å². The Labute approximate surface area is 118 Å².